The highest BCUT2D eigenvalue weighted by molar-refractivity contribution is 6.04. The van der Waals surface area contributed by atoms with Crippen LogP contribution in [0.25, 0.3) is 0 Å². The number of aromatic nitrogens is 3. The largest absolute Gasteiger partial charge is 0.370 e. The van der Waals surface area contributed by atoms with Gasteiger partial charge in [0.15, 0.2) is 0 Å². The summed E-state index contributed by atoms with van der Waals surface area (Å²) >= 11 is 0. The number of carbonyl (C=O) groups excluding carboxylic acids is 1. The molecule has 0 aromatic carbocycles. The van der Waals surface area contributed by atoms with Crippen LogP contribution >= 0.6 is 0 Å². The minimum Gasteiger partial charge on any atom is -0.370 e. The lowest BCUT2D eigenvalue weighted by atomic mass is 10.2. The molecule has 0 aliphatic rings. The quantitative estimate of drug-likeness (QED) is 0.878. The van der Waals surface area contributed by atoms with Crippen molar-refractivity contribution in [3.05, 3.63) is 36.2 Å². The van der Waals surface area contributed by atoms with Crippen LogP contribution in [0.3, 0.4) is 0 Å². The van der Waals surface area contributed by atoms with Gasteiger partial charge in [0.2, 0.25) is 0 Å². The van der Waals surface area contributed by atoms with Gasteiger partial charge in [0, 0.05) is 30.4 Å². The number of amides is 1. The zero-order valence-corrected chi connectivity index (χ0v) is 11.9. The molecule has 0 atom stereocenters. The van der Waals surface area contributed by atoms with E-state index in [-0.39, 0.29) is 11.9 Å². The minimum atomic E-state index is -0.172. The van der Waals surface area contributed by atoms with E-state index in [9.17, 15) is 4.79 Å². The SMILES string of the molecule is CCNc1cc(C(=O)Nc2ccnn2C(C)C)ccn1. The first-order valence-corrected chi connectivity index (χ1v) is 6.66. The Bertz CT molecular complexity index is 591. The maximum absolute atomic E-state index is 12.2. The topological polar surface area (TPSA) is 71.8 Å². The number of nitrogens with one attached hydrogen (secondary N) is 2. The van der Waals surface area contributed by atoms with E-state index in [1.807, 2.05) is 20.8 Å². The summed E-state index contributed by atoms with van der Waals surface area (Å²) in [7, 11) is 0. The molecule has 0 radical (unpaired) electrons. The number of pyridine rings is 1. The van der Waals surface area contributed by atoms with Gasteiger partial charge in [0.05, 0.1) is 6.20 Å². The summed E-state index contributed by atoms with van der Waals surface area (Å²) in [5.41, 5.74) is 0.562. The van der Waals surface area contributed by atoms with Crippen LogP contribution in [-0.4, -0.2) is 27.2 Å². The van der Waals surface area contributed by atoms with Crippen LogP contribution in [0.5, 0.6) is 0 Å². The van der Waals surface area contributed by atoms with Crippen molar-refractivity contribution in [1.82, 2.24) is 14.8 Å². The Hall–Kier alpha value is -2.37. The molecule has 0 aliphatic heterocycles. The van der Waals surface area contributed by atoms with Gasteiger partial charge in [-0.2, -0.15) is 5.10 Å². The van der Waals surface area contributed by atoms with Crippen molar-refractivity contribution >= 4 is 17.5 Å². The second-order valence-corrected chi connectivity index (χ2v) is 4.67. The molecule has 2 aromatic rings. The summed E-state index contributed by atoms with van der Waals surface area (Å²) in [5, 5.41) is 10.1. The molecule has 0 spiro atoms. The molecule has 20 heavy (non-hydrogen) atoms. The third-order valence-electron chi connectivity index (χ3n) is 2.78. The van der Waals surface area contributed by atoms with Crippen molar-refractivity contribution in [2.24, 2.45) is 0 Å². The van der Waals surface area contributed by atoms with E-state index >= 15 is 0 Å². The molecule has 0 bridgehead atoms. The highest BCUT2D eigenvalue weighted by Crippen LogP contribution is 2.15. The van der Waals surface area contributed by atoms with Gasteiger partial charge in [-0.05, 0) is 32.9 Å². The molecule has 0 aliphatic carbocycles. The number of hydrogen-bond acceptors (Lipinski definition) is 4. The molecule has 0 fully saturated rings. The van der Waals surface area contributed by atoms with Crippen molar-refractivity contribution in [2.45, 2.75) is 26.8 Å². The van der Waals surface area contributed by atoms with Gasteiger partial charge >= 0.3 is 0 Å². The lowest BCUT2D eigenvalue weighted by Gasteiger charge is -2.12. The minimum absolute atomic E-state index is 0.172. The van der Waals surface area contributed by atoms with Crippen LogP contribution in [0.4, 0.5) is 11.6 Å². The van der Waals surface area contributed by atoms with E-state index in [0.29, 0.717) is 17.2 Å². The van der Waals surface area contributed by atoms with Crippen molar-refractivity contribution in [1.29, 1.82) is 0 Å². The molecule has 2 rings (SSSR count). The van der Waals surface area contributed by atoms with E-state index in [4.69, 9.17) is 0 Å². The van der Waals surface area contributed by atoms with E-state index in [1.165, 1.54) is 0 Å². The lowest BCUT2D eigenvalue weighted by molar-refractivity contribution is 0.102. The zero-order valence-electron chi connectivity index (χ0n) is 11.9. The number of carbonyl (C=O) groups is 1. The van der Waals surface area contributed by atoms with Crippen molar-refractivity contribution in [3.8, 4) is 0 Å². The third kappa shape index (κ3) is 3.14. The van der Waals surface area contributed by atoms with Crippen LogP contribution in [0.1, 0.15) is 37.2 Å². The van der Waals surface area contributed by atoms with Crippen LogP contribution in [0.15, 0.2) is 30.6 Å². The predicted molar refractivity (Wildman–Crippen MR) is 79.0 cm³/mol. The summed E-state index contributed by atoms with van der Waals surface area (Å²) in [5.74, 6) is 1.21. The Morgan fingerprint density at radius 3 is 2.85 bits per heavy atom. The zero-order chi connectivity index (χ0) is 14.5. The van der Waals surface area contributed by atoms with Gasteiger partial charge in [-0.3, -0.25) is 4.79 Å². The Morgan fingerprint density at radius 2 is 2.15 bits per heavy atom. The summed E-state index contributed by atoms with van der Waals surface area (Å²) in [6.07, 6.45) is 3.29. The van der Waals surface area contributed by atoms with Crippen LogP contribution in [0, 0.1) is 0 Å². The van der Waals surface area contributed by atoms with Crippen LogP contribution < -0.4 is 10.6 Å². The van der Waals surface area contributed by atoms with E-state index in [2.05, 4.69) is 20.7 Å². The molecule has 2 N–H and O–H groups in total. The van der Waals surface area contributed by atoms with Gasteiger partial charge in [0.25, 0.3) is 5.91 Å². The fraction of sp³-hybridized carbons (Fsp3) is 0.357. The molecule has 0 saturated carbocycles. The monoisotopic (exact) mass is 273 g/mol. The highest BCUT2D eigenvalue weighted by Gasteiger charge is 2.11. The number of nitrogens with zero attached hydrogens (tertiary/aromatic N) is 3. The Kier molecular flexibility index (Phi) is 4.34. The fourth-order valence-corrected chi connectivity index (χ4v) is 1.86. The van der Waals surface area contributed by atoms with Crippen LogP contribution in [0.2, 0.25) is 0 Å². The summed E-state index contributed by atoms with van der Waals surface area (Å²) in [4.78, 5) is 16.4. The second kappa shape index (κ2) is 6.18. The predicted octanol–water partition coefficient (Wildman–Crippen LogP) is 2.54. The van der Waals surface area contributed by atoms with E-state index in [0.717, 1.165) is 6.54 Å². The van der Waals surface area contributed by atoms with Crippen molar-refractivity contribution in [2.75, 3.05) is 17.2 Å². The third-order valence-corrected chi connectivity index (χ3v) is 2.78. The van der Waals surface area contributed by atoms with Gasteiger partial charge in [-0.15, -0.1) is 0 Å². The van der Waals surface area contributed by atoms with Gasteiger partial charge < -0.3 is 10.6 Å². The first kappa shape index (κ1) is 14.0. The van der Waals surface area contributed by atoms with Gasteiger partial charge in [-0.1, -0.05) is 0 Å². The van der Waals surface area contributed by atoms with Gasteiger partial charge in [-0.25, -0.2) is 9.67 Å². The summed E-state index contributed by atoms with van der Waals surface area (Å²) in [6.45, 7) is 6.77. The maximum Gasteiger partial charge on any atom is 0.256 e. The molecular weight excluding hydrogens is 254 g/mol. The Labute approximate surface area is 118 Å². The Morgan fingerprint density at radius 1 is 1.35 bits per heavy atom. The van der Waals surface area contributed by atoms with Crippen molar-refractivity contribution < 1.29 is 4.79 Å². The summed E-state index contributed by atoms with van der Waals surface area (Å²) in [6, 6.07) is 5.39. The number of rotatable bonds is 5. The lowest BCUT2D eigenvalue weighted by Crippen LogP contribution is -2.17. The Balaban J connectivity index is 2.15. The smallest absolute Gasteiger partial charge is 0.256 e. The number of hydrogen-bond donors (Lipinski definition) is 2. The molecule has 6 heteroatoms. The number of anilines is 2. The average Bonchev–Trinajstić information content (AvgIpc) is 2.88. The van der Waals surface area contributed by atoms with E-state index in [1.54, 1.807) is 35.3 Å². The van der Waals surface area contributed by atoms with Gasteiger partial charge in [0.1, 0.15) is 11.6 Å². The molecule has 2 heterocycles. The normalized spacial score (nSPS) is 10.6. The van der Waals surface area contributed by atoms with Crippen molar-refractivity contribution in [3.63, 3.8) is 0 Å². The first-order valence-electron chi connectivity index (χ1n) is 6.66. The highest BCUT2D eigenvalue weighted by atomic mass is 16.1. The molecule has 0 saturated heterocycles. The molecule has 106 valence electrons. The molecule has 1 amide bonds. The standard InChI is InChI=1S/C14H19N5O/c1-4-15-12-9-11(5-7-16-12)14(20)18-13-6-8-17-19(13)10(2)3/h5-10H,4H2,1-3H3,(H,15,16)(H,18,20). The average molecular weight is 273 g/mol. The second-order valence-electron chi connectivity index (χ2n) is 4.67. The summed E-state index contributed by atoms with van der Waals surface area (Å²) < 4.78 is 1.77. The molecular formula is C14H19N5O. The van der Waals surface area contributed by atoms with Crippen LogP contribution in [-0.2, 0) is 0 Å². The van der Waals surface area contributed by atoms with E-state index < -0.39 is 0 Å². The molecule has 2 aromatic heterocycles. The fourth-order valence-electron chi connectivity index (χ4n) is 1.86. The first-order chi connectivity index (χ1) is 9.61. The molecule has 6 nitrogen and oxygen atoms in total. The molecule has 0 unspecified atom stereocenters. The maximum atomic E-state index is 12.2.